The minimum atomic E-state index is -1.42. The Balaban J connectivity index is 2.93. The summed E-state index contributed by atoms with van der Waals surface area (Å²) in [6.45, 7) is 4.53. The Morgan fingerprint density at radius 2 is 1.90 bits per heavy atom. The highest BCUT2D eigenvalue weighted by Gasteiger charge is 2.36. The number of hydrogen-bond acceptors (Lipinski definition) is 2. The Morgan fingerprint density at radius 3 is 2.35 bits per heavy atom. The van der Waals surface area contributed by atoms with E-state index in [0.29, 0.717) is 0 Å². The maximum absolute atomic E-state index is 13.0. The predicted octanol–water partition coefficient (Wildman–Crippen LogP) is 2.68. The standard InChI is InChI=1S/C13H16F2N2O3/c1-4-17(13(2,3)11(18)19)12(20)16-8-5-6-9(14)10(15)7-8/h5-7H,4H2,1-3H3,(H,16,20)(H,18,19). The van der Waals surface area contributed by atoms with Gasteiger partial charge >= 0.3 is 12.0 Å². The van der Waals surface area contributed by atoms with Gasteiger partial charge < -0.3 is 15.3 Å². The summed E-state index contributed by atoms with van der Waals surface area (Å²) in [6.07, 6.45) is 0. The number of nitrogens with one attached hydrogen (secondary N) is 1. The van der Waals surface area contributed by atoms with Gasteiger partial charge in [0.15, 0.2) is 11.6 Å². The fraction of sp³-hybridized carbons (Fsp3) is 0.385. The van der Waals surface area contributed by atoms with Crippen molar-refractivity contribution in [3.8, 4) is 0 Å². The number of hydrogen-bond donors (Lipinski definition) is 2. The minimum Gasteiger partial charge on any atom is -0.480 e. The number of carboxylic acid groups (broad SMARTS) is 1. The lowest BCUT2D eigenvalue weighted by atomic mass is 10.0. The van der Waals surface area contributed by atoms with Crippen LogP contribution in [0, 0.1) is 11.6 Å². The van der Waals surface area contributed by atoms with Crippen molar-refractivity contribution in [1.29, 1.82) is 0 Å². The summed E-state index contributed by atoms with van der Waals surface area (Å²) < 4.78 is 25.8. The molecular formula is C13H16F2N2O3. The van der Waals surface area contributed by atoms with Crippen molar-refractivity contribution < 1.29 is 23.5 Å². The first-order valence-electron chi connectivity index (χ1n) is 5.97. The first kappa shape index (κ1) is 15.9. The molecule has 20 heavy (non-hydrogen) atoms. The lowest BCUT2D eigenvalue weighted by molar-refractivity contribution is -0.147. The molecule has 0 aliphatic carbocycles. The summed E-state index contributed by atoms with van der Waals surface area (Å²) in [7, 11) is 0. The van der Waals surface area contributed by atoms with Gasteiger partial charge in [0, 0.05) is 18.3 Å². The second kappa shape index (κ2) is 5.85. The molecule has 0 saturated heterocycles. The van der Waals surface area contributed by atoms with Crippen molar-refractivity contribution in [2.24, 2.45) is 0 Å². The van der Waals surface area contributed by atoms with Crippen molar-refractivity contribution in [3.05, 3.63) is 29.8 Å². The molecule has 2 amide bonds. The monoisotopic (exact) mass is 286 g/mol. The third-order valence-electron chi connectivity index (χ3n) is 2.93. The highest BCUT2D eigenvalue weighted by molar-refractivity contribution is 5.93. The van der Waals surface area contributed by atoms with Gasteiger partial charge in [-0.15, -0.1) is 0 Å². The van der Waals surface area contributed by atoms with Crippen molar-refractivity contribution >= 4 is 17.7 Å². The molecule has 1 rings (SSSR count). The number of benzene rings is 1. The molecule has 0 aliphatic heterocycles. The van der Waals surface area contributed by atoms with Crippen molar-refractivity contribution in [2.75, 3.05) is 11.9 Å². The van der Waals surface area contributed by atoms with Gasteiger partial charge in [0.1, 0.15) is 5.54 Å². The third kappa shape index (κ3) is 3.23. The largest absolute Gasteiger partial charge is 0.480 e. The first-order chi connectivity index (χ1) is 9.20. The summed E-state index contributed by atoms with van der Waals surface area (Å²) in [6, 6.07) is 2.20. The molecule has 0 saturated carbocycles. The molecule has 0 aromatic heterocycles. The summed E-state index contributed by atoms with van der Waals surface area (Å²) in [5, 5.41) is 11.4. The zero-order valence-corrected chi connectivity index (χ0v) is 11.4. The quantitative estimate of drug-likeness (QED) is 0.894. The highest BCUT2D eigenvalue weighted by atomic mass is 19.2. The molecule has 1 aromatic carbocycles. The van der Waals surface area contributed by atoms with Crippen LogP contribution in [0.2, 0.25) is 0 Å². The van der Waals surface area contributed by atoms with Gasteiger partial charge in [-0.25, -0.2) is 18.4 Å². The molecule has 0 fully saturated rings. The third-order valence-corrected chi connectivity index (χ3v) is 2.93. The van der Waals surface area contributed by atoms with Crippen LogP contribution in [-0.2, 0) is 4.79 Å². The second-order valence-corrected chi connectivity index (χ2v) is 4.67. The van der Waals surface area contributed by atoms with E-state index in [4.69, 9.17) is 5.11 Å². The van der Waals surface area contributed by atoms with Gasteiger partial charge in [0.25, 0.3) is 0 Å². The molecular weight excluding hydrogens is 270 g/mol. The van der Waals surface area contributed by atoms with E-state index in [2.05, 4.69) is 5.32 Å². The van der Waals surface area contributed by atoms with Crippen molar-refractivity contribution in [2.45, 2.75) is 26.3 Å². The van der Waals surface area contributed by atoms with Crippen molar-refractivity contribution in [1.82, 2.24) is 4.90 Å². The lowest BCUT2D eigenvalue weighted by Gasteiger charge is -2.34. The molecule has 2 N–H and O–H groups in total. The molecule has 5 nitrogen and oxygen atoms in total. The molecule has 0 bridgehead atoms. The van der Waals surface area contributed by atoms with E-state index in [0.717, 1.165) is 17.0 Å². The zero-order chi connectivity index (χ0) is 15.5. The van der Waals surface area contributed by atoms with Crippen molar-refractivity contribution in [3.63, 3.8) is 0 Å². The molecule has 1 aromatic rings. The van der Waals surface area contributed by atoms with Gasteiger partial charge in [0.05, 0.1) is 0 Å². The van der Waals surface area contributed by atoms with E-state index in [-0.39, 0.29) is 12.2 Å². The Morgan fingerprint density at radius 1 is 1.30 bits per heavy atom. The number of halogens is 2. The molecule has 0 atom stereocenters. The van der Waals surface area contributed by atoms with Gasteiger partial charge in [-0.1, -0.05) is 0 Å². The topological polar surface area (TPSA) is 69.6 Å². The van der Waals surface area contributed by atoms with Gasteiger partial charge in [-0.05, 0) is 32.9 Å². The Labute approximate surface area is 115 Å². The van der Waals surface area contributed by atoms with E-state index in [1.807, 2.05) is 0 Å². The Bertz CT molecular complexity index is 532. The first-order valence-corrected chi connectivity index (χ1v) is 5.97. The summed E-state index contributed by atoms with van der Waals surface area (Å²) in [5.74, 6) is -3.29. The average Bonchev–Trinajstić information content (AvgIpc) is 2.34. The smallest absolute Gasteiger partial charge is 0.329 e. The summed E-state index contributed by atoms with van der Waals surface area (Å²) in [5.41, 5.74) is -1.37. The maximum atomic E-state index is 13.0. The van der Waals surface area contributed by atoms with Crippen LogP contribution in [0.25, 0.3) is 0 Å². The predicted molar refractivity (Wildman–Crippen MR) is 69.5 cm³/mol. The molecule has 110 valence electrons. The number of carbonyl (C=O) groups is 2. The van der Waals surface area contributed by atoms with Gasteiger partial charge in [-0.2, -0.15) is 0 Å². The zero-order valence-electron chi connectivity index (χ0n) is 11.4. The normalized spacial score (nSPS) is 11.1. The summed E-state index contributed by atoms with van der Waals surface area (Å²) in [4.78, 5) is 24.3. The SMILES string of the molecule is CCN(C(=O)Nc1ccc(F)c(F)c1)C(C)(C)C(=O)O. The van der Waals surface area contributed by atoms with Crippen LogP contribution in [0.1, 0.15) is 20.8 Å². The van der Waals surface area contributed by atoms with Crippen LogP contribution in [0.5, 0.6) is 0 Å². The van der Waals surface area contributed by atoms with E-state index in [1.165, 1.54) is 19.9 Å². The highest BCUT2D eigenvalue weighted by Crippen LogP contribution is 2.18. The van der Waals surface area contributed by atoms with Gasteiger partial charge in [-0.3, -0.25) is 0 Å². The lowest BCUT2D eigenvalue weighted by Crippen LogP contribution is -2.54. The molecule has 0 unspecified atom stereocenters. The Hall–Kier alpha value is -2.18. The number of likely N-dealkylation sites (N-methyl/N-ethyl adjacent to an activating group) is 1. The van der Waals surface area contributed by atoms with E-state index in [1.54, 1.807) is 6.92 Å². The van der Waals surface area contributed by atoms with E-state index >= 15 is 0 Å². The number of aliphatic carboxylic acids is 1. The second-order valence-electron chi connectivity index (χ2n) is 4.67. The molecule has 0 aliphatic rings. The van der Waals surface area contributed by atoms with Crippen LogP contribution in [0.4, 0.5) is 19.3 Å². The number of anilines is 1. The molecule has 0 spiro atoms. The number of carbonyl (C=O) groups excluding carboxylic acids is 1. The Kier molecular flexibility index (Phi) is 4.65. The number of nitrogens with zero attached hydrogens (tertiary/aromatic N) is 1. The van der Waals surface area contributed by atoms with Crippen LogP contribution in [0.15, 0.2) is 18.2 Å². The number of amides is 2. The average molecular weight is 286 g/mol. The fourth-order valence-corrected chi connectivity index (χ4v) is 1.67. The number of carboxylic acids is 1. The molecule has 0 radical (unpaired) electrons. The number of urea groups is 1. The number of rotatable bonds is 4. The van der Waals surface area contributed by atoms with Gasteiger partial charge in [0.2, 0.25) is 0 Å². The fourth-order valence-electron chi connectivity index (χ4n) is 1.67. The van der Waals surface area contributed by atoms with Crippen LogP contribution in [0.3, 0.4) is 0 Å². The van der Waals surface area contributed by atoms with E-state index < -0.39 is 29.2 Å². The van der Waals surface area contributed by atoms with Crippen LogP contribution >= 0.6 is 0 Å². The molecule has 0 heterocycles. The molecule has 7 heteroatoms. The van der Waals surface area contributed by atoms with Crippen LogP contribution in [-0.4, -0.2) is 34.1 Å². The van der Waals surface area contributed by atoms with E-state index in [9.17, 15) is 18.4 Å². The maximum Gasteiger partial charge on any atom is 0.329 e. The van der Waals surface area contributed by atoms with Crippen LogP contribution < -0.4 is 5.32 Å². The summed E-state index contributed by atoms with van der Waals surface area (Å²) >= 11 is 0. The minimum absolute atomic E-state index is 0.0496.